The number of fused-ring (bicyclic) bond motifs is 2. The fourth-order valence-corrected chi connectivity index (χ4v) is 4.55. The molecule has 0 aliphatic heterocycles. The van der Waals surface area contributed by atoms with Crippen molar-refractivity contribution >= 4 is 27.4 Å². The molecule has 1 aliphatic rings. The molecule has 7 heteroatoms. The Kier molecular flexibility index (Phi) is 6.19. The molecule has 0 unspecified atom stereocenters. The molecule has 0 amide bonds. The van der Waals surface area contributed by atoms with Crippen LogP contribution in [0.2, 0.25) is 0 Å². The van der Waals surface area contributed by atoms with Crippen LogP contribution in [0.1, 0.15) is 82.9 Å². The molecule has 0 spiro atoms. The fourth-order valence-electron chi connectivity index (χ4n) is 3.88. The zero-order valence-corrected chi connectivity index (χ0v) is 17.2. The van der Waals surface area contributed by atoms with Gasteiger partial charge in [0.15, 0.2) is 11.6 Å². The monoisotopic (exact) mass is 415 g/mol. The molecule has 154 valence electrons. The van der Waals surface area contributed by atoms with Crippen LogP contribution in [0.25, 0.3) is 0 Å². The lowest BCUT2D eigenvalue weighted by molar-refractivity contribution is 0.0978. The van der Waals surface area contributed by atoms with Crippen LogP contribution in [-0.4, -0.2) is 24.5 Å². The first kappa shape index (κ1) is 21.2. The van der Waals surface area contributed by atoms with E-state index in [2.05, 4.69) is 6.92 Å². The first-order chi connectivity index (χ1) is 13.8. The van der Waals surface area contributed by atoms with E-state index in [0.717, 1.165) is 38.5 Å². The summed E-state index contributed by atoms with van der Waals surface area (Å²) in [5.74, 6) is -0.841. The number of carbonyl (C=O) groups is 2. The van der Waals surface area contributed by atoms with Crippen LogP contribution >= 0.6 is 0 Å². The minimum atomic E-state index is -4.64. The summed E-state index contributed by atoms with van der Waals surface area (Å²) in [6, 6.07) is 7.66. The summed E-state index contributed by atoms with van der Waals surface area (Å²) in [5, 5.41) is 0. The van der Waals surface area contributed by atoms with Gasteiger partial charge in [-0.05, 0) is 24.5 Å². The molecule has 0 atom stereocenters. The van der Waals surface area contributed by atoms with Crippen molar-refractivity contribution in [2.45, 2.75) is 56.8 Å². The Morgan fingerprint density at radius 2 is 1.45 bits per heavy atom. The summed E-state index contributed by atoms with van der Waals surface area (Å²) in [7, 11) is -4.64. The van der Waals surface area contributed by atoms with Crippen LogP contribution in [0.4, 0.5) is 5.69 Å². The Morgan fingerprint density at radius 1 is 0.897 bits per heavy atom. The van der Waals surface area contributed by atoms with Crippen molar-refractivity contribution < 1.29 is 22.6 Å². The molecular formula is C22H25NO5S. The van der Waals surface area contributed by atoms with E-state index >= 15 is 0 Å². The number of unbranched alkanes of at least 4 members (excludes halogenated alkanes) is 5. The molecule has 0 saturated carbocycles. The maximum Gasteiger partial charge on any atom is 0.296 e. The van der Waals surface area contributed by atoms with Crippen LogP contribution in [-0.2, 0) is 16.5 Å². The predicted molar refractivity (Wildman–Crippen MR) is 111 cm³/mol. The van der Waals surface area contributed by atoms with Crippen molar-refractivity contribution in [3.8, 4) is 0 Å². The van der Waals surface area contributed by atoms with E-state index in [4.69, 9.17) is 5.73 Å². The summed E-state index contributed by atoms with van der Waals surface area (Å²) < 4.78 is 33.3. The van der Waals surface area contributed by atoms with E-state index in [1.807, 2.05) is 0 Å². The van der Waals surface area contributed by atoms with Gasteiger partial charge in [0.1, 0.15) is 4.90 Å². The normalized spacial score (nSPS) is 13.3. The highest BCUT2D eigenvalue weighted by atomic mass is 32.2. The second-order valence-corrected chi connectivity index (χ2v) is 8.78. The largest absolute Gasteiger partial charge is 0.397 e. The number of benzene rings is 2. The number of nitrogen functional groups attached to an aromatic ring is 1. The number of rotatable bonds is 8. The number of hydrogen-bond donors (Lipinski definition) is 2. The summed E-state index contributed by atoms with van der Waals surface area (Å²) in [4.78, 5) is 25.7. The van der Waals surface area contributed by atoms with Crippen LogP contribution in [0.5, 0.6) is 0 Å². The lowest BCUT2D eigenvalue weighted by Crippen LogP contribution is -2.25. The molecule has 0 fully saturated rings. The molecule has 3 rings (SSSR count). The van der Waals surface area contributed by atoms with Gasteiger partial charge >= 0.3 is 0 Å². The quantitative estimate of drug-likeness (QED) is 0.324. The smallest absolute Gasteiger partial charge is 0.296 e. The molecular weight excluding hydrogens is 390 g/mol. The molecule has 2 aromatic carbocycles. The topological polar surface area (TPSA) is 115 Å². The highest BCUT2D eigenvalue weighted by Crippen LogP contribution is 2.37. The highest BCUT2D eigenvalue weighted by Gasteiger charge is 2.35. The highest BCUT2D eigenvalue weighted by molar-refractivity contribution is 7.86. The summed E-state index contributed by atoms with van der Waals surface area (Å²) >= 11 is 0. The first-order valence-corrected chi connectivity index (χ1v) is 11.3. The average Bonchev–Trinajstić information content (AvgIpc) is 2.68. The average molecular weight is 416 g/mol. The predicted octanol–water partition coefficient (Wildman–Crippen LogP) is 4.19. The molecule has 0 saturated heterocycles. The molecule has 0 bridgehead atoms. The molecule has 6 nitrogen and oxygen atoms in total. The maximum absolute atomic E-state index is 13.1. The third-order valence-electron chi connectivity index (χ3n) is 5.36. The number of nitrogens with two attached hydrogens (primary N) is 1. The van der Waals surface area contributed by atoms with Gasteiger partial charge in [0.05, 0.1) is 11.3 Å². The summed E-state index contributed by atoms with van der Waals surface area (Å²) in [5.41, 5.74) is 6.54. The van der Waals surface area contributed by atoms with Gasteiger partial charge in [-0.15, -0.1) is 0 Å². The van der Waals surface area contributed by atoms with E-state index in [0.29, 0.717) is 12.0 Å². The minimum absolute atomic E-state index is 0.121. The zero-order chi connectivity index (χ0) is 21.2. The molecule has 3 N–H and O–H groups in total. The van der Waals surface area contributed by atoms with Crippen LogP contribution < -0.4 is 5.73 Å². The third kappa shape index (κ3) is 4.11. The van der Waals surface area contributed by atoms with E-state index in [9.17, 15) is 22.6 Å². The van der Waals surface area contributed by atoms with Crippen molar-refractivity contribution in [3.63, 3.8) is 0 Å². The number of aryl methyl sites for hydroxylation is 1. The lowest BCUT2D eigenvalue weighted by Gasteiger charge is -2.23. The van der Waals surface area contributed by atoms with Crippen molar-refractivity contribution in [2.75, 3.05) is 5.73 Å². The molecule has 29 heavy (non-hydrogen) atoms. The van der Waals surface area contributed by atoms with Gasteiger partial charge in [-0.3, -0.25) is 14.1 Å². The van der Waals surface area contributed by atoms with Gasteiger partial charge in [0.2, 0.25) is 0 Å². The Labute approximate surface area is 170 Å². The van der Waals surface area contributed by atoms with Crippen molar-refractivity contribution in [1.82, 2.24) is 0 Å². The van der Waals surface area contributed by atoms with E-state index in [1.165, 1.54) is 12.1 Å². The lowest BCUT2D eigenvalue weighted by atomic mass is 9.80. The summed E-state index contributed by atoms with van der Waals surface area (Å²) in [6.07, 6.45) is 6.57. The van der Waals surface area contributed by atoms with E-state index in [-0.39, 0.29) is 33.7 Å². The van der Waals surface area contributed by atoms with Gasteiger partial charge in [-0.2, -0.15) is 8.42 Å². The van der Waals surface area contributed by atoms with Gasteiger partial charge < -0.3 is 5.73 Å². The van der Waals surface area contributed by atoms with Crippen molar-refractivity contribution in [2.24, 2.45) is 0 Å². The van der Waals surface area contributed by atoms with Gasteiger partial charge in [0, 0.05) is 16.7 Å². The first-order valence-electron chi connectivity index (χ1n) is 9.88. The number of carbonyl (C=O) groups excluding carboxylic acids is 2. The number of ketones is 2. The molecule has 2 aromatic rings. The number of hydrogen-bond acceptors (Lipinski definition) is 5. The minimum Gasteiger partial charge on any atom is -0.397 e. The van der Waals surface area contributed by atoms with Crippen LogP contribution in [0, 0.1) is 0 Å². The maximum atomic E-state index is 13.1. The van der Waals surface area contributed by atoms with Gasteiger partial charge in [-0.1, -0.05) is 63.3 Å². The van der Waals surface area contributed by atoms with Crippen molar-refractivity contribution in [3.05, 3.63) is 58.1 Å². The summed E-state index contributed by atoms with van der Waals surface area (Å²) in [6.45, 7) is 2.14. The van der Waals surface area contributed by atoms with E-state index in [1.54, 1.807) is 18.2 Å². The van der Waals surface area contributed by atoms with Crippen molar-refractivity contribution in [1.29, 1.82) is 0 Å². The third-order valence-corrected chi connectivity index (χ3v) is 6.25. The standard InChI is InChI=1S/C22H25NO5S/c1-2-3-4-5-6-7-10-14-13-17(29(26,27)28)20(23)19-18(14)21(24)15-11-8-9-12-16(15)22(19)25/h8-9,11-13H,2-7,10,23H2,1H3,(H,26,27,28). The molecule has 0 aromatic heterocycles. The van der Waals surface area contributed by atoms with Gasteiger partial charge in [-0.25, -0.2) is 0 Å². The molecule has 1 aliphatic carbocycles. The molecule has 0 heterocycles. The second kappa shape index (κ2) is 8.47. The SMILES string of the molecule is CCCCCCCCc1cc(S(=O)(=O)O)c(N)c2c1C(=O)c1ccccc1C2=O. The van der Waals surface area contributed by atoms with Gasteiger partial charge in [0.25, 0.3) is 10.1 Å². The van der Waals surface area contributed by atoms with Crippen LogP contribution in [0.3, 0.4) is 0 Å². The number of anilines is 1. The van der Waals surface area contributed by atoms with E-state index < -0.39 is 20.8 Å². The zero-order valence-electron chi connectivity index (χ0n) is 16.4. The fraction of sp³-hybridized carbons (Fsp3) is 0.364. The Hall–Kier alpha value is -2.51. The Bertz CT molecular complexity index is 1070. The molecule has 0 radical (unpaired) electrons. The Balaban J connectivity index is 2.07. The Morgan fingerprint density at radius 3 is 2.03 bits per heavy atom. The van der Waals surface area contributed by atoms with Crippen LogP contribution in [0.15, 0.2) is 35.2 Å². The second-order valence-electron chi connectivity index (χ2n) is 7.39.